The number of halogens is 1. The maximum atomic E-state index is 13.3. The van der Waals surface area contributed by atoms with Crippen LogP contribution in [0.1, 0.15) is 6.42 Å². The van der Waals surface area contributed by atoms with Crippen molar-refractivity contribution in [3.63, 3.8) is 0 Å². The molecule has 0 radical (unpaired) electrons. The van der Waals surface area contributed by atoms with E-state index in [9.17, 15) is 14.0 Å². The number of carbonyl (C=O) groups excluding carboxylic acids is 1. The lowest BCUT2D eigenvalue weighted by molar-refractivity contribution is -0.116. The summed E-state index contributed by atoms with van der Waals surface area (Å²) in [6, 6.07) is 13.2. The molecule has 0 aliphatic heterocycles. The summed E-state index contributed by atoms with van der Waals surface area (Å²) in [5.41, 5.74) is 1.68. The van der Waals surface area contributed by atoms with Crippen LogP contribution in [-0.4, -0.2) is 20.4 Å². The summed E-state index contributed by atoms with van der Waals surface area (Å²) in [5, 5.41) is 5.41. The Hall–Kier alpha value is -3.39. The fraction of sp³-hybridized carbons (Fsp3) is 0.100. The normalized spacial score (nSPS) is 10.9. The number of hydrogen-bond acceptors (Lipinski definition) is 5. The molecule has 4 rings (SSSR count). The number of hydrogen-bond donors (Lipinski definition) is 1. The summed E-state index contributed by atoms with van der Waals surface area (Å²) >= 11 is 1.26. The third kappa shape index (κ3) is 3.81. The minimum atomic E-state index is -0.342. The van der Waals surface area contributed by atoms with E-state index >= 15 is 0 Å². The molecule has 2 aromatic carbocycles. The van der Waals surface area contributed by atoms with E-state index in [-0.39, 0.29) is 30.2 Å². The van der Waals surface area contributed by atoms with Gasteiger partial charge in [-0.05, 0) is 24.3 Å². The summed E-state index contributed by atoms with van der Waals surface area (Å²) in [5.74, 6) is -0.606. The smallest absolute Gasteiger partial charge is 0.261 e. The minimum Gasteiger partial charge on any atom is -0.302 e. The molecular formula is C20H15FN4O2S. The molecule has 0 aliphatic carbocycles. The van der Waals surface area contributed by atoms with Crippen LogP contribution >= 0.6 is 11.3 Å². The summed E-state index contributed by atoms with van der Waals surface area (Å²) in [7, 11) is 0. The van der Waals surface area contributed by atoms with Gasteiger partial charge in [0.2, 0.25) is 5.91 Å². The van der Waals surface area contributed by atoms with Gasteiger partial charge in [-0.25, -0.2) is 14.4 Å². The molecule has 2 aromatic heterocycles. The molecule has 0 saturated carbocycles. The van der Waals surface area contributed by atoms with Crippen LogP contribution in [0.5, 0.6) is 0 Å². The lowest BCUT2D eigenvalue weighted by Gasteiger charge is -2.06. The molecule has 0 aliphatic rings. The molecule has 140 valence electrons. The van der Waals surface area contributed by atoms with Crippen LogP contribution in [0.25, 0.3) is 22.2 Å². The molecular weight excluding hydrogens is 379 g/mol. The van der Waals surface area contributed by atoms with Gasteiger partial charge in [0.15, 0.2) is 5.13 Å². The maximum Gasteiger partial charge on any atom is 0.261 e. The van der Waals surface area contributed by atoms with Crippen molar-refractivity contribution >= 4 is 33.3 Å². The van der Waals surface area contributed by atoms with E-state index in [0.717, 1.165) is 0 Å². The zero-order valence-electron chi connectivity index (χ0n) is 14.6. The van der Waals surface area contributed by atoms with Crippen molar-refractivity contribution < 1.29 is 9.18 Å². The highest BCUT2D eigenvalue weighted by Gasteiger charge is 2.10. The standard InChI is InChI=1S/C20H15FN4O2S/c21-14-5-3-4-13(10-14)17-11-28-20(23-17)24-18(26)8-9-25-12-22-16-7-2-1-6-15(16)19(25)27/h1-7,10-12H,8-9H2,(H,23,24,26). The molecule has 0 bridgehead atoms. The van der Waals surface area contributed by atoms with E-state index in [1.54, 1.807) is 35.7 Å². The molecule has 8 heteroatoms. The highest BCUT2D eigenvalue weighted by atomic mass is 32.1. The van der Waals surface area contributed by atoms with Crippen molar-refractivity contribution in [1.82, 2.24) is 14.5 Å². The van der Waals surface area contributed by atoms with Crippen LogP contribution < -0.4 is 10.9 Å². The number of benzene rings is 2. The van der Waals surface area contributed by atoms with Crippen LogP contribution in [0.4, 0.5) is 9.52 Å². The molecule has 0 spiro atoms. The largest absolute Gasteiger partial charge is 0.302 e. The quantitative estimate of drug-likeness (QED) is 0.560. The molecule has 0 saturated heterocycles. The molecule has 0 fully saturated rings. The number of thiazole rings is 1. The lowest BCUT2D eigenvalue weighted by atomic mass is 10.2. The van der Waals surface area contributed by atoms with E-state index in [0.29, 0.717) is 27.3 Å². The number of anilines is 1. The maximum absolute atomic E-state index is 13.3. The summed E-state index contributed by atoms with van der Waals surface area (Å²) in [6.45, 7) is 0.213. The van der Waals surface area contributed by atoms with Gasteiger partial charge in [0.1, 0.15) is 5.82 Å². The van der Waals surface area contributed by atoms with Gasteiger partial charge >= 0.3 is 0 Å². The number of nitrogens with one attached hydrogen (secondary N) is 1. The van der Waals surface area contributed by atoms with E-state index < -0.39 is 0 Å². The van der Waals surface area contributed by atoms with Crippen LogP contribution in [-0.2, 0) is 11.3 Å². The van der Waals surface area contributed by atoms with Crippen LogP contribution in [0, 0.1) is 5.82 Å². The van der Waals surface area contributed by atoms with Crippen molar-refractivity contribution in [2.24, 2.45) is 0 Å². The number of carbonyl (C=O) groups is 1. The first-order valence-corrected chi connectivity index (χ1v) is 9.43. The Morgan fingerprint density at radius 2 is 2.04 bits per heavy atom. The summed E-state index contributed by atoms with van der Waals surface area (Å²) in [6.07, 6.45) is 1.55. The fourth-order valence-corrected chi connectivity index (χ4v) is 3.52. The highest BCUT2D eigenvalue weighted by Crippen LogP contribution is 2.25. The van der Waals surface area contributed by atoms with Crippen molar-refractivity contribution in [2.75, 3.05) is 5.32 Å². The van der Waals surface area contributed by atoms with E-state index in [1.807, 2.05) is 6.07 Å². The van der Waals surface area contributed by atoms with Gasteiger partial charge in [-0.3, -0.25) is 14.2 Å². The fourth-order valence-electron chi connectivity index (χ4n) is 2.78. The zero-order valence-corrected chi connectivity index (χ0v) is 15.4. The molecule has 6 nitrogen and oxygen atoms in total. The summed E-state index contributed by atoms with van der Waals surface area (Å²) < 4.78 is 14.8. The molecule has 1 amide bonds. The summed E-state index contributed by atoms with van der Waals surface area (Å²) in [4.78, 5) is 33.2. The number of para-hydroxylation sites is 1. The first kappa shape index (κ1) is 18.0. The predicted molar refractivity (Wildman–Crippen MR) is 107 cm³/mol. The number of fused-ring (bicyclic) bond motifs is 1. The topological polar surface area (TPSA) is 76.9 Å². The average Bonchev–Trinajstić information content (AvgIpc) is 3.16. The van der Waals surface area contributed by atoms with Gasteiger partial charge in [0, 0.05) is 23.9 Å². The first-order chi connectivity index (χ1) is 13.6. The van der Waals surface area contributed by atoms with E-state index in [2.05, 4.69) is 15.3 Å². The predicted octanol–water partition coefficient (Wildman–Crippen LogP) is 3.69. The number of nitrogens with zero attached hydrogens (tertiary/aromatic N) is 3. The van der Waals surface area contributed by atoms with Crippen molar-refractivity contribution in [1.29, 1.82) is 0 Å². The lowest BCUT2D eigenvalue weighted by Crippen LogP contribution is -2.23. The SMILES string of the molecule is O=C(CCn1cnc2ccccc2c1=O)Nc1nc(-c2cccc(F)c2)cs1. The third-order valence-electron chi connectivity index (χ3n) is 4.18. The molecule has 28 heavy (non-hydrogen) atoms. The van der Waals surface area contributed by atoms with Gasteiger partial charge < -0.3 is 5.32 Å². The second-order valence-electron chi connectivity index (χ2n) is 6.11. The van der Waals surface area contributed by atoms with Crippen molar-refractivity contribution in [3.05, 3.63) is 76.4 Å². The molecule has 0 unspecified atom stereocenters. The number of rotatable bonds is 5. The highest BCUT2D eigenvalue weighted by molar-refractivity contribution is 7.14. The second-order valence-corrected chi connectivity index (χ2v) is 6.96. The van der Waals surface area contributed by atoms with Crippen LogP contribution in [0.15, 0.2) is 65.0 Å². The van der Waals surface area contributed by atoms with E-state index in [1.165, 1.54) is 34.4 Å². The molecule has 4 aromatic rings. The van der Waals surface area contributed by atoms with Crippen LogP contribution in [0.3, 0.4) is 0 Å². The zero-order chi connectivity index (χ0) is 19.5. The Kier molecular flexibility index (Phi) is 4.94. The van der Waals surface area contributed by atoms with Crippen molar-refractivity contribution in [3.8, 4) is 11.3 Å². The first-order valence-electron chi connectivity index (χ1n) is 8.56. The van der Waals surface area contributed by atoms with Gasteiger partial charge in [0.05, 0.1) is 22.9 Å². The van der Waals surface area contributed by atoms with Crippen molar-refractivity contribution in [2.45, 2.75) is 13.0 Å². The van der Waals surface area contributed by atoms with Gasteiger partial charge in [-0.15, -0.1) is 11.3 Å². The third-order valence-corrected chi connectivity index (χ3v) is 4.94. The average molecular weight is 394 g/mol. The van der Waals surface area contributed by atoms with Gasteiger partial charge in [0.25, 0.3) is 5.56 Å². The Balaban J connectivity index is 1.42. The molecule has 2 heterocycles. The van der Waals surface area contributed by atoms with Crippen LogP contribution in [0.2, 0.25) is 0 Å². The Morgan fingerprint density at radius 1 is 1.18 bits per heavy atom. The minimum absolute atomic E-state index is 0.106. The number of amides is 1. The molecule has 0 atom stereocenters. The Labute approximate surface area is 163 Å². The Morgan fingerprint density at radius 3 is 2.89 bits per heavy atom. The monoisotopic (exact) mass is 394 g/mol. The number of aryl methyl sites for hydroxylation is 1. The number of aromatic nitrogens is 3. The van der Waals surface area contributed by atoms with E-state index in [4.69, 9.17) is 0 Å². The van der Waals surface area contributed by atoms with Gasteiger partial charge in [-0.1, -0.05) is 24.3 Å². The second kappa shape index (κ2) is 7.69. The Bertz CT molecular complexity index is 1220. The molecule has 1 N–H and O–H groups in total. The van der Waals surface area contributed by atoms with Gasteiger partial charge in [-0.2, -0.15) is 0 Å².